The third kappa shape index (κ3) is 3.29. The third-order valence-electron chi connectivity index (χ3n) is 3.76. The van der Waals surface area contributed by atoms with Crippen molar-refractivity contribution in [2.45, 2.75) is 51.6 Å². The predicted octanol–water partition coefficient (Wildman–Crippen LogP) is 3.84. The highest BCUT2D eigenvalue weighted by atomic mass is 19.1. The number of hydrogen-bond donors (Lipinski definition) is 1. The van der Waals surface area contributed by atoms with Crippen molar-refractivity contribution in [1.29, 1.82) is 0 Å². The van der Waals surface area contributed by atoms with Crippen molar-refractivity contribution in [3.8, 4) is 0 Å². The maximum absolute atomic E-state index is 13.1. The van der Waals surface area contributed by atoms with Gasteiger partial charge in [0.2, 0.25) is 0 Å². The van der Waals surface area contributed by atoms with Gasteiger partial charge >= 0.3 is 0 Å². The van der Waals surface area contributed by atoms with Crippen molar-refractivity contribution >= 4 is 0 Å². The van der Waals surface area contributed by atoms with Crippen molar-refractivity contribution in [3.63, 3.8) is 0 Å². The highest BCUT2D eigenvalue weighted by molar-refractivity contribution is 5.20. The van der Waals surface area contributed by atoms with E-state index in [-0.39, 0.29) is 5.41 Å². The molecule has 0 amide bonds. The maximum Gasteiger partial charge on any atom is 0.126 e. The molecule has 1 unspecified atom stereocenters. The minimum absolute atomic E-state index is 0.0961. The molecule has 0 saturated heterocycles. The van der Waals surface area contributed by atoms with Gasteiger partial charge in [-0.1, -0.05) is 20.3 Å². The molecule has 0 heterocycles. The van der Waals surface area contributed by atoms with Crippen molar-refractivity contribution in [3.05, 3.63) is 35.4 Å². The Hall–Kier alpha value is -0.960. The van der Waals surface area contributed by atoms with Crippen LogP contribution >= 0.6 is 0 Å². The Morgan fingerprint density at radius 1 is 1.11 bits per heavy atom. The SMILES string of the molecule is CC1(C)CCCC(O)(Cc2cc(F)cc(F)c2)C1. The summed E-state index contributed by atoms with van der Waals surface area (Å²) in [7, 11) is 0. The Bertz CT molecular complexity index is 422. The lowest BCUT2D eigenvalue weighted by Crippen LogP contribution is -2.40. The number of hydrogen-bond acceptors (Lipinski definition) is 1. The van der Waals surface area contributed by atoms with E-state index in [1.54, 1.807) is 0 Å². The van der Waals surface area contributed by atoms with E-state index in [1.807, 2.05) is 0 Å². The molecule has 1 saturated carbocycles. The topological polar surface area (TPSA) is 20.2 Å². The minimum atomic E-state index is -0.831. The van der Waals surface area contributed by atoms with Gasteiger partial charge in [-0.15, -0.1) is 0 Å². The van der Waals surface area contributed by atoms with E-state index < -0.39 is 17.2 Å². The summed E-state index contributed by atoms with van der Waals surface area (Å²) < 4.78 is 26.3. The van der Waals surface area contributed by atoms with Gasteiger partial charge in [0.1, 0.15) is 11.6 Å². The first-order valence-electron chi connectivity index (χ1n) is 6.45. The van der Waals surface area contributed by atoms with Crippen LogP contribution in [-0.4, -0.2) is 10.7 Å². The van der Waals surface area contributed by atoms with Crippen molar-refractivity contribution in [1.82, 2.24) is 0 Å². The zero-order valence-corrected chi connectivity index (χ0v) is 11.0. The Morgan fingerprint density at radius 2 is 1.72 bits per heavy atom. The zero-order valence-electron chi connectivity index (χ0n) is 11.0. The average Bonchev–Trinajstić information content (AvgIpc) is 2.11. The van der Waals surface area contributed by atoms with Crippen molar-refractivity contribution in [2.24, 2.45) is 5.41 Å². The van der Waals surface area contributed by atoms with Gasteiger partial charge in [-0.05, 0) is 42.4 Å². The predicted molar refractivity (Wildman–Crippen MR) is 67.3 cm³/mol. The van der Waals surface area contributed by atoms with E-state index in [9.17, 15) is 13.9 Å². The smallest absolute Gasteiger partial charge is 0.126 e. The van der Waals surface area contributed by atoms with E-state index in [0.717, 1.165) is 18.9 Å². The number of benzene rings is 1. The average molecular weight is 254 g/mol. The first-order valence-corrected chi connectivity index (χ1v) is 6.45. The third-order valence-corrected chi connectivity index (χ3v) is 3.76. The monoisotopic (exact) mass is 254 g/mol. The van der Waals surface area contributed by atoms with E-state index in [0.29, 0.717) is 24.8 Å². The molecule has 1 aromatic rings. The largest absolute Gasteiger partial charge is 0.390 e. The number of aliphatic hydroxyl groups is 1. The Morgan fingerprint density at radius 3 is 2.28 bits per heavy atom. The Balaban J connectivity index is 2.16. The van der Waals surface area contributed by atoms with Gasteiger partial charge in [0.25, 0.3) is 0 Å². The lowest BCUT2D eigenvalue weighted by atomic mass is 9.68. The molecule has 2 rings (SSSR count). The van der Waals surface area contributed by atoms with Crippen molar-refractivity contribution in [2.75, 3.05) is 0 Å². The maximum atomic E-state index is 13.1. The van der Waals surface area contributed by atoms with Crippen LogP contribution in [0.3, 0.4) is 0 Å². The number of halogens is 2. The van der Waals surface area contributed by atoms with Gasteiger partial charge in [0, 0.05) is 12.5 Å². The fourth-order valence-electron chi connectivity index (χ4n) is 3.21. The lowest BCUT2D eigenvalue weighted by molar-refractivity contribution is -0.0382. The molecule has 1 aromatic carbocycles. The summed E-state index contributed by atoms with van der Waals surface area (Å²) in [6, 6.07) is 3.48. The molecule has 0 spiro atoms. The standard InChI is InChI=1S/C15H20F2O/c1-14(2)4-3-5-15(18,10-14)9-11-6-12(16)8-13(17)7-11/h6-8,18H,3-5,9-10H2,1-2H3. The summed E-state index contributed by atoms with van der Waals surface area (Å²) in [4.78, 5) is 0. The number of rotatable bonds is 2. The summed E-state index contributed by atoms with van der Waals surface area (Å²) in [5.74, 6) is -1.16. The van der Waals surface area contributed by atoms with E-state index in [2.05, 4.69) is 13.8 Å². The molecule has 1 N–H and O–H groups in total. The normalized spacial score (nSPS) is 27.2. The molecule has 3 heteroatoms. The fourth-order valence-corrected chi connectivity index (χ4v) is 3.21. The summed E-state index contributed by atoms with van der Waals surface area (Å²) in [6.07, 6.45) is 3.76. The zero-order chi connectivity index (χ0) is 13.4. The van der Waals surface area contributed by atoms with Crippen LogP contribution in [0, 0.1) is 17.0 Å². The molecule has 0 aromatic heterocycles. The van der Waals surface area contributed by atoms with E-state index >= 15 is 0 Å². The second-order valence-corrected chi connectivity index (χ2v) is 6.37. The molecule has 0 radical (unpaired) electrons. The van der Waals surface area contributed by atoms with Crippen LogP contribution in [0.1, 0.15) is 45.1 Å². The van der Waals surface area contributed by atoms with Crippen LogP contribution in [0.25, 0.3) is 0 Å². The molecule has 1 nitrogen and oxygen atoms in total. The molecule has 100 valence electrons. The molecule has 18 heavy (non-hydrogen) atoms. The first kappa shape index (κ1) is 13.5. The second-order valence-electron chi connectivity index (χ2n) is 6.37. The van der Waals surface area contributed by atoms with Crippen LogP contribution in [0.15, 0.2) is 18.2 Å². The van der Waals surface area contributed by atoms with Gasteiger partial charge in [-0.25, -0.2) is 8.78 Å². The molecule has 1 aliphatic rings. The quantitative estimate of drug-likeness (QED) is 0.850. The van der Waals surface area contributed by atoms with Crippen LogP contribution < -0.4 is 0 Å². The van der Waals surface area contributed by atoms with Crippen LogP contribution in [0.2, 0.25) is 0 Å². The summed E-state index contributed by atoms with van der Waals surface area (Å²) in [6.45, 7) is 4.26. The minimum Gasteiger partial charge on any atom is -0.390 e. The Labute approximate surface area is 107 Å². The molecule has 1 aliphatic carbocycles. The molecular formula is C15H20F2O. The van der Waals surface area contributed by atoms with Crippen LogP contribution in [0.5, 0.6) is 0 Å². The fraction of sp³-hybridized carbons (Fsp3) is 0.600. The highest BCUT2D eigenvalue weighted by Crippen LogP contribution is 2.42. The van der Waals surface area contributed by atoms with Gasteiger partial charge < -0.3 is 5.11 Å². The second kappa shape index (κ2) is 4.61. The van der Waals surface area contributed by atoms with Crippen LogP contribution in [-0.2, 0) is 6.42 Å². The molecule has 1 atom stereocenters. The summed E-state index contributed by atoms with van der Waals surface area (Å²) in [5, 5.41) is 10.6. The first-order chi connectivity index (χ1) is 8.28. The lowest BCUT2D eigenvalue weighted by Gasteiger charge is -2.41. The Kier molecular flexibility index (Phi) is 3.45. The summed E-state index contributed by atoms with van der Waals surface area (Å²) >= 11 is 0. The van der Waals surface area contributed by atoms with E-state index in [1.165, 1.54) is 12.1 Å². The van der Waals surface area contributed by atoms with E-state index in [4.69, 9.17) is 0 Å². The molecule has 0 aliphatic heterocycles. The molecule has 0 bridgehead atoms. The van der Waals surface area contributed by atoms with Crippen molar-refractivity contribution < 1.29 is 13.9 Å². The molecule has 1 fully saturated rings. The van der Waals surface area contributed by atoms with Crippen LogP contribution in [0.4, 0.5) is 8.78 Å². The summed E-state index contributed by atoms with van der Waals surface area (Å²) in [5.41, 5.74) is -0.200. The van der Waals surface area contributed by atoms with Gasteiger partial charge in [0.15, 0.2) is 0 Å². The highest BCUT2D eigenvalue weighted by Gasteiger charge is 2.38. The van der Waals surface area contributed by atoms with Gasteiger partial charge in [-0.2, -0.15) is 0 Å². The molecular weight excluding hydrogens is 234 g/mol. The van der Waals surface area contributed by atoms with Gasteiger partial charge in [-0.3, -0.25) is 0 Å². The van der Waals surface area contributed by atoms with Gasteiger partial charge in [0.05, 0.1) is 5.60 Å².